The van der Waals surface area contributed by atoms with Crippen LogP contribution in [0.15, 0.2) is 0 Å². The molecule has 314 valence electrons. The van der Waals surface area contributed by atoms with Crippen molar-refractivity contribution < 1.29 is 47.5 Å². The quantitative estimate of drug-likeness (QED) is 0.0306. The van der Waals surface area contributed by atoms with Crippen molar-refractivity contribution in [2.45, 2.75) is 225 Å². The van der Waals surface area contributed by atoms with E-state index >= 15 is 0 Å². The molecule has 11 nitrogen and oxygen atoms in total. The van der Waals surface area contributed by atoms with E-state index in [1.807, 2.05) is 0 Å². The molecular formula is C41H80NO10P. The number of phosphoric acid groups is 1. The highest BCUT2D eigenvalue weighted by Gasteiger charge is 2.28. The third-order valence-electron chi connectivity index (χ3n) is 9.61. The molecular weight excluding hydrogens is 697 g/mol. The van der Waals surface area contributed by atoms with E-state index in [9.17, 15) is 23.8 Å². The lowest BCUT2D eigenvalue weighted by Gasteiger charge is -2.20. The third kappa shape index (κ3) is 37.2. The van der Waals surface area contributed by atoms with Gasteiger partial charge in [-0.05, 0) is 12.8 Å². The van der Waals surface area contributed by atoms with E-state index in [2.05, 4.69) is 18.4 Å². The van der Waals surface area contributed by atoms with Crippen molar-refractivity contribution in [1.82, 2.24) is 0 Å². The number of unbranched alkanes of at least 4 members (excludes halogenated alkanes) is 27. The lowest BCUT2D eigenvalue weighted by atomic mass is 10.0. The van der Waals surface area contributed by atoms with Crippen molar-refractivity contribution in [3.63, 3.8) is 0 Å². The predicted octanol–water partition coefficient (Wildman–Crippen LogP) is 11.1. The Bertz CT molecular complexity index is 921. The molecule has 53 heavy (non-hydrogen) atoms. The number of aliphatic carboxylic acids is 1. The normalized spacial score (nSPS) is 13.7. The number of carbonyl (C=O) groups is 3. The number of rotatable bonds is 41. The average molecular weight is 778 g/mol. The zero-order valence-electron chi connectivity index (χ0n) is 33.9. The molecule has 0 aliphatic rings. The predicted molar refractivity (Wildman–Crippen MR) is 213 cm³/mol. The molecule has 0 saturated heterocycles. The molecule has 0 fully saturated rings. The standard InChI is InChI=1S/C41H80NO10P/c1-3-5-7-9-11-13-15-16-17-18-19-20-21-22-23-25-27-29-31-33-40(44)52-37(35-50-53(47,48)51-36-38(42)41(45)46)34-49-39(43)32-30-28-26-24-14-12-10-8-6-4-2/h37-38H,3-36,42H2,1-2H3,(H,45,46)(H,47,48)/t37-,38-/m0/s1. The minimum atomic E-state index is -4.70. The van der Waals surface area contributed by atoms with Crippen LogP contribution in [0.1, 0.15) is 213 Å². The molecule has 0 aromatic rings. The lowest BCUT2D eigenvalue weighted by Crippen LogP contribution is -2.34. The van der Waals surface area contributed by atoms with Crippen LogP contribution in [-0.4, -0.2) is 59.9 Å². The van der Waals surface area contributed by atoms with Crippen molar-refractivity contribution >= 4 is 25.7 Å². The number of nitrogens with two attached hydrogens (primary N) is 1. The Morgan fingerprint density at radius 2 is 0.830 bits per heavy atom. The fraction of sp³-hybridized carbons (Fsp3) is 0.927. The molecule has 0 aromatic heterocycles. The fourth-order valence-electron chi connectivity index (χ4n) is 6.18. The number of phosphoric ester groups is 1. The zero-order valence-corrected chi connectivity index (χ0v) is 34.8. The van der Waals surface area contributed by atoms with Gasteiger partial charge in [0.2, 0.25) is 0 Å². The first kappa shape index (κ1) is 51.5. The van der Waals surface area contributed by atoms with Crippen LogP contribution in [0, 0.1) is 0 Å². The Kier molecular flexibility index (Phi) is 36.3. The van der Waals surface area contributed by atoms with Gasteiger partial charge in [-0.1, -0.05) is 187 Å². The summed E-state index contributed by atoms with van der Waals surface area (Å²) in [4.78, 5) is 45.8. The van der Waals surface area contributed by atoms with Gasteiger partial charge < -0.3 is 25.2 Å². The first-order valence-corrected chi connectivity index (χ1v) is 23.1. The number of carboxylic acid groups (broad SMARTS) is 1. The molecule has 0 rings (SSSR count). The van der Waals surface area contributed by atoms with Crippen molar-refractivity contribution in [3.8, 4) is 0 Å². The monoisotopic (exact) mass is 778 g/mol. The zero-order chi connectivity index (χ0) is 39.3. The van der Waals surface area contributed by atoms with Crippen LogP contribution in [0.25, 0.3) is 0 Å². The number of hydrogen-bond donors (Lipinski definition) is 3. The second-order valence-corrected chi connectivity index (χ2v) is 16.3. The average Bonchev–Trinajstić information content (AvgIpc) is 3.13. The van der Waals surface area contributed by atoms with E-state index in [4.69, 9.17) is 24.8 Å². The van der Waals surface area contributed by atoms with E-state index in [0.717, 1.165) is 38.5 Å². The van der Waals surface area contributed by atoms with E-state index in [1.54, 1.807) is 0 Å². The van der Waals surface area contributed by atoms with Crippen molar-refractivity contribution in [2.24, 2.45) is 5.73 Å². The van der Waals surface area contributed by atoms with Gasteiger partial charge in [-0.25, -0.2) is 4.57 Å². The van der Waals surface area contributed by atoms with Crippen LogP contribution < -0.4 is 5.73 Å². The number of carboxylic acids is 1. The van der Waals surface area contributed by atoms with Gasteiger partial charge in [-0.3, -0.25) is 23.4 Å². The second-order valence-electron chi connectivity index (χ2n) is 14.8. The Morgan fingerprint density at radius 3 is 1.19 bits per heavy atom. The highest BCUT2D eigenvalue weighted by Crippen LogP contribution is 2.43. The molecule has 0 saturated carbocycles. The van der Waals surface area contributed by atoms with Gasteiger partial charge in [0.25, 0.3) is 0 Å². The van der Waals surface area contributed by atoms with Crippen LogP contribution in [0.4, 0.5) is 0 Å². The second kappa shape index (κ2) is 37.4. The molecule has 4 N–H and O–H groups in total. The molecule has 0 amide bonds. The van der Waals surface area contributed by atoms with Crippen LogP contribution in [0.2, 0.25) is 0 Å². The van der Waals surface area contributed by atoms with E-state index in [0.29, 0.717) is 12.8 Å². The number of hydrogen-bond acceptors (Lipinski definition) is 9. The summed E-state index contributed by atoms with van der Waals surface area (Å²) < 4.78 is 32.6. The highest BCUT2D eigenvalue weighted by molar-refractivity contribution is 7.47. The topological polar surface area (TPSA) is 172 Å². The molecule has 0 bridgehead atoms. The SMILES string of the molecule is CCCCCCCCCCCCCCCCCCCCCC(=O)O[C@@H](COC(=O)CCCCCCCCCCCC)COP(=O)(O)OC[C@H](N)C(=O)O. The van der Waals surface area contributed by atoms with Crippen LogP contribution >= 0.6 is 7.82 Å². The minimum absolute atomic E-state index is 0.169. The Morgan fingerprint density at radius 1 is 0.509 bits per heavy atom. The Hall–Kier alpha value is -1.52. The summed E-state index contributed by atoms with van der Waals surface area (Å²) in [5, 5.41) is 8.87. The molecule has 12 heteroatoms. The van der Waals surface area contributed by atoms with Gasteiger partial charge >= 0.3 is 25.7 Å². The summed E-state index contributed by atoms with van der Waals surface area (Å²) in [5.41, 5.74) is 5.32. The molecule has 0 radical (unpaired) electrons. The Labute approximate surface area is 323 Å². The van der Waals surface area contributed by atoms with E-state index < -0.39 is 51.1 Å². The number of esters is 2. The van der Waals surface area contributed by atoms with Crippen LogP contribution in [0.3, 0.4) is 0 Å². The van der Waals surface area contributed by atoms with Gasteiger partial charge in [0.05, 0.1) is 13.2 Å². The summed E-state index contributed by atoms with van der Waals surface area (Å²) >= 11 is 0. The smallest absolute Gasteiger partial charge is 0.472 e. The van der Waals surface area contributed by atoms with Gasteiger partial charge in [-0.2, -0.15) is 0 Å². The minimum Gasteiger partial charge on any atom is -0.480 e. The summed E-state index contributed by atoms with van der Waals surface area (Å²) in [6.07, 6.45) is 34.6. The molecule has 0 aliphatic carbocycles. The maximum atomic E-state index is 12.6. The van der Waals surface area contributed by atoms with Gasteiger partial charge in [0.15, 0.2) is 6.10 Å². The molecule has 3 atom stereocenters. The van der Waals surface area contributed by atoms with Crippen LogP contribution in [-0.2, 0) is 37.5 Å². The summed E-state index contributed by atoms with van der Waals surface area (Å²) in [6, 6.07) is -1.52. The third-order valence-corrected chi connectivity index (χ3v) is 10.6. The largest absolute Gasteiger partial charge is 0.480 e. The van der Waals surface area contributed by atoms with Crippen molar-refractivity contribution in [3.05, 3.63) is 0 Å². The van der Waals surface area contributed by atoms with Crippen molar-refractivity contribution in [1.29, 1.82) is 0 Å². The summed E-state index contributed by atoms with van der Waals surface area (Å²) in [5.74, 6) is -2.36. The van der Waals surface area contributed by atoms with E-state index in [1.165, 1.54) is 135 Å². The van der Waals surface area contributed by atoms with Gasteiger partial charge in [-0.15, -0.1) is 0 Å². The Balaban J connectivity index is 4.26. The highest BCUT2D eigenvalue weighted by atomic mass is 31.2. The fourth-order valence-corrected chi connectivity index (χ4v) is 6.96. The maximum absolute atomic E-state index is 12.6. The van der Waals surface area contributed by atoms with Gasteiger partial charge in [0.1, 0.15) is 12.6 Å². The van der Waals surface area contributed by atoms with Crippen LogP contribution in [0.5, 0.6) is 0 Å². The molecule has 0 aromatic carbocycles. The van der Waals surface area contributed by atoms with Crippen molar-refractivity contribution in [2.75, 3.05) is 19.8 Å². The van der Waals surface area contributed by atoms with Gasteiger partial charge in [0, 0.05) is 12.8 Å². The number of ether oxygens (including phenoxy) is 2. The molecule has 0 aliphatic heterocycles. The summed E-state index contributed by atoms with van der Waals surface area (Å²) in [6.45, 7) is 2.81. The number of carbonyl (C=O) groups excluding carboxylic acids is 2. The first-order chi connectivity index (χ1) is 25.6. The molecule has 0 spiro atoms. The van der Waals surface area contributed by atoms with E-state index in [-0.39, 0.29) is 19.4 Å². The summed E-state index contributed by atoms with van der Waals surface area (Å²) in [7, 11) is -4.70. The first-order valence-electron chi connectivity index (χ1n) is 21.6. The molecule has 1 unspecified atom stereocenters. The molecule has 0 heterocycles. The lowest BCUT2D eigenvalue weighted by molar-refractivity contribution is -0.161. The maximum Gasteiger partial charge on any atom is 0.472 e.